The van der Waals surface area contributed by atoms with Crippen molar-refractivity contribution in [3.8, 4) is 5.75 Å². The molecule has 1 N–H and O–H groups in total. The van der Waals surface area contributed by atoms with Gasteiger partial charge in [-0.05, 0) is 53.2 Å². The van der Waals surface area contributed by atoms with Crippen molar-refractivity contribution >= 4 is 51.5 Å². The van der Waals surface area contributed by atoms with Gasteiger partial charge in [-0.2, -0.15) is 0 Å². The Kier molecular flexibility index (Phi) is 5.07. The smallest absolute Gasteiger partial charge is 0.266 e. The van der Waals surface area contributed by atoms with Gasteiger partial charge < -0.3 is 10.1 Å². The van der Waals surface area contributed by atoms with E-state index in [0.29, 0.717) is 33.8 Å². The standard InChI is InChI=1S/C26H17ClN2O4/c1-33-23-13-16-7-3-2-6-15(16)12-20(23)24(30)28-22-11-10-17(14-21(22)27)29-25(31)18-8-4-5-9-19(18)26(29)32/h2-14H,1H3,(H,28,30). The molecular formula is C26H17ClN2O4. The van der Waals surface area contributed by atoms with E-state index in [1.54, 1.807) is 48.5 Å². The van der Waals surface area contributed by atoms with Crippen molar-refractivity contribution in [2.45, 2.75) is 0 Å². The van der Waals surface area contributed by atoms with Crippen molar-refractivity contribution in [2.75, 3.05) is 17.3 Å². The predicted octanol–water partition coefficient (Wildman–Crippen LogP) is 5.55. The number of carbonyl (C=O) groups is 3. The summed E-state index contributed by atoms with van der Waals surface area (Å²) in [5.74, 6) is -0.786. The predicted molar refractivity (Wildman–Crippen MR) is 127 cm³/mol. The SMILES string of the molecule is COc1cc2ccccc2cc1C(=O)Nc1ccc(N2C(=O)c3ccccc3C2=O)cc1Cl. The number of anilines is 2. The molecule has 0 saturated carbocycles. The summed E-state index contributed by atoms with van der Waals surface area (Å²) in [6.07, 6.45) is 0. The zero-order chi connectivity index (χ0) is 23.1. The minimum atomic E-state index is -0.413. The number of nitrogens with one attached hydrogen (secondary N) is 1. The highest BCUT2D eigenvalue weighted by molar-refractivity contribution is 6.37. The third kappa shape index (κ3) is 3.50. The summed E-state index contributed by atoms with van der Waals surface area (Å²) in [5.41, 5.74) is 1.72. The molecule has 0 spiro atoms. The zero-order valence-electron chi connectivity index (χ0n) is 17.5. The molecule has 0 aromatic heterocycles. The summed E-state index contributed by atoms with van der Waals surface area (Å²) in [7, 11) is 1.50. The van der Waals surface area contributed by atoms with Gasteiger partial charge in [-0.15, -0.1) is 0 Å². The lowest BCUT2D eigenvalue weighted by molar-refractivity contribution is 0.0924. The molecule has 0 radical (unpaired) electrons. The fourth-order valence-corrected chi connectivity index (χ4v) is 4.15. The van der Waals surface area contributed by atoms with E-state index >= 15 is 0 Å². The summed E-state index contributed by atoms with van der Waals surface area (Å²) >= 11 is 6.42. The average molecular weight is 457 g/mol. The topological polar surface area (TPSA) is 75.7 Å². The van der Waals surface area contributed by atoms with Gasteiger partial charge in [-0.25, -0.2) is 4.90 Å². The van der Waals surface area contributed by atoms with Gasteiger partial charge >= 0.3 is 0 Å². The molecule has 1 heterocycles. The molecule has 4 aromatic rings. The fourth-order valence-electron chi connectivity index (χ4n) is 3.92. The van der Waals surface area contributed by atoms with Crippen LogP contribution in [0.2, 0.25) is 5.02 Å². The molecule has 0 bridgehead atoms. The molecule has 6 nitrogen and oxygen atoms in total. The number of methoxy groups -OCH3 is 1. The van der Waals surface area contributed by atoms with Gasteiger partial charge in [-0.1, -0.05) is 48.0 Å². The van der Waals surface area contributed by atoms with E-state index in [1.165, 1.54) is 13.2 Å². The summed E-state index contributed by atoms with van der Waals surface area (Å²) in [6, 6.07) is 22.5. The highest BCUT2D eigenvalue weighted by atomic mass is 35.5. The van der Waals surface area contributed by atoms with Gasteiger partial charge in [0.15, 0.2) is 0 Å². The maximum absolute atomic E-state index is 13.0. The van der Waals surface area contributed by atoms with Crippen LogP contribution in [0.4, 0.5) is 11.4 Å². The summed E-state index contributed by atoms with van der Waals surface area (Å²) < 4.78 is 5.41. The van der Waals surface area contributed by atoms with Gasteiger partial charge in [0.1, 0.15) is 5.75 Å². The van der Waals surface area contributed by atoms with Gasteiger partial charge in [0, 0.05) is 0 Å². The molecule has 5 rings (SSSR count). The normalized spacial score (nSPS) is 12.7. The van der Waals surface area contributed by atoms with E-state index in [2.05, 4.69) is 5.32 Å². The second-order valence-electron chi connectivity index (χ2n) is 7.51. The average Bonchev–Trinajstić information content (AvgIpc) is 3.09. The number of rotatable bonds is 4. The van der Waals surface area contributed by atoms with Crippen LogP contribution in [0.5, 0.6) is 5.75 Å². The van der Waals surface area contributed by atoms with Crippen LogP contribution in [0.3, 0.4) is 0 Å². The van der Waals surface area contributed by atoms with Crippen molar-refractivity contribution in [3.63, 3.8) is 0 Å². The lowest BCUT2D eigenvalue weighted by atomic mass is 10.1. The van der Waals surface area contributed by atoms with E-state index in [0.717, 1.165) is 15.7 Å². The number of halogens is 1. The van der Waals surface area contributed by atoms with Crippen LogP contribution in [0.1, 0.15) is 31.1 Å². The highest BCUT2D eigenvalue weighted by Gasteiger charge is 2.36. The Hall–Kier alpha value is -4.16. The van der Waals surface area contributed by atoms with E-state index in [1.807, 2.05) is 24.3 Å². The van der Waals surface area contributed by atoms with E-state index in [4.69, 9.17) is 16.3 Å². The number of amides is 3. The molecule has 0 atom stereocenters. The summed E-state index contributed by atoms with van der Waals surface area (Å²) in [5, 5.41) is 4.83. The molecule has 0 saturated heterocycles. The van der Waals surface area contributed by atoms with Gasteiger partial charge in [-0.3, -0.25) is 14.4 Å². The molecule has 1 aliphatic rings. The Morgan fingerprint density at radius 1 is 0.848 bits per heavy atom. The van der Waals surface area contributed by atoms with Crippen LogP contribution in [0, 0.1) is 0 Å². The van der Waals surface area contributed by atoms with E-state index < -0.39 is 17.7 Å². The number of fused-ring (bicyclic) bond motifs is 2. The maximum Gasteiger partial charge on any atom is 0.266 e. The Labute approximate surface area is 194 Å². The molecular weight excluding hydrogens is 440 g/mol. The molecule has 162 valence electrons. The third-order valence-electron chi connectivity index (χ3n) is 5.57. The second-order valence-corrected chi connectivity index (χ2v) is 7.92. The molecule has 1 aliphatic heterocycles. The van der Waals surface area contributed by atoms with Crippen molar-refractivity contribution in [3.05, 3.63) is 101 Å². The molecule has 0 aliphatic carbocycles. The maximum atomic E-state index is 13.0. The first-order valence-corrected chi connectivity index (χ1v) is 10.5. The molecule has 0 unspecified atom stereocenters. The van der Waals surface area contributed by atoms with Crippen LogP contribution in [-0.4, -0.2) is 24.8 Å². The Balaban J connectivity index is 1.43. The summed E-state index contributed by atoms with van der Waals surface area (Å²) in [4.78, 5) is 39.5. The Morgan fingerprint density at radius 3 is 2.06 bits per heavy atom. The fraction of sp³-hybridized carbons (Fsp3) is 0.0385. The zero-order valence-corrected chi connectivity index (χ0v) is 18.2. The van der Waals surface area contributed by atoms with Crippen molar-refractivity contribution in [1.29, 1.82) is 0 Å². The van der Waals surface area contributed by atoms with Crippen molar-refractivity contribution < 1.29 is 19.1 Å². The van der Waals surface area contributed by atoms with Gasteiger partial charge in [0.2, 0.25) is 0 Å². The van der Waals surface area contributed by atoms with Crippen LogP contribution in [0.25, 0.3) is 10.8 Å². The number of imide groups is 1. The number of carbonyl (C=O) groups excluding carboxylic acids is 3. The first kappa shape index (κ1) is 20.7. The molecule has 4 aromatic carbocycles. The highest BCUT2D eigenvalue weighted by Crippen LogP contribution is 2.34. The molecule has 0 fully saturated rings. The second kappa shape index (κ2) is 8.07. The number of hydrogen-bond acceptors (Lipinski definition) is 4. The van der Waals surface area contributed by atoms with Crippen LogP contribution in [0.15, 0.2) is 78.9 Å². The van der Waals surface area contributed by atoms with Gasteiger partial charge in [0.05, 0.1) is 40.2 Å². The van der Waals surface area contributed by atoms with E-state index in [-0.39, 0.29) is 5.02 Å². The molecule has 7 heteroatoms. The molecule has 3 amide bonds. The minimum absolute atomic E-state index is 0.192. The Bertz CT molecular complexity index is 1430. The quantitative estimate of drug-likeness (QED) is 0.408. The third-order valence-corrected chi connectivity index (χ3v) is 5.88. The van der Waals surface area contributed by atoms with Gasteiger partial charge in [0.25, 0.3) is 17.7 Å². The first-order valence-electron chi connectivity index (χ1n) is 10.1. The number of ether oxygens (including phenoxy) is 1. The van der Waals surface area contributed by atoms with Crippen LogP contribution in [-0.2, 0) is 0 Å². The van der Waals surface area contributed by atoms with Crippen LogP contribution < -0.4 is 15.0 Å². The molecule has 33 heavy (non-hydrogen) atoms. The number of nitrogens with zero attached hydrogens (tertiary/aromatic N) is 1. The lowest BCUT2D eigenvalue weighted by Crippen LogP contribution is -2.29. The van der Waals surface area contributed by atoms with Crippen molar-refractivity contribution in [2.24, 2.45) is 0 Å². The number of benzene rings is 4. The monoisotopic (exact) mass is 456 g/mol. The Morgan fingerprint density at radius 2 is 1.45 bits per heavy atom. The lowest BCUT2D eigenvalue weighted by Gasteiger charge is -2.16. The largest absolute Gasteiger partial charge is 0.496 e. The van der Waals surface area contributed by atoms with Crippen LogP contribution >= 0.6 is 11.6 Å². The van der Waals surface area contributed by atoms with E-state index in [9.17, 15) is 14.4 Å². The van der Waals surface area contributed by atoms with Crippen molar-refractivity contribution in [1.82, 2.24) is 0 Å². The number of hydrogen-bond donors (Lipinski definition) is 1. The first-order chi connectivity index (χ1) is 16.0. The summed E-state index contributed by atoms with van der Waals surface area (Å²) in [6.45, 7) is 0. The minimum Gasteiger partial charge on any atom is -0.496 e.